The highest BCUT2D eigenvalue weighted by Crippen LogP contribution is 2.04. The summed E-state index contributed by atoms with van der Waals surface area (Å²) < 4.78 is 0. The molecule has 0 unspecified atom stereocenters. The molecule has 0 saturated heterocycles. The van der Waals surface area contributed by atoms with Crippen LogP contribution in [0.5, 0.6) is 0 Å². The number of amides is 5. The Morgan fingerprint density at radius 2 is 1.45 bits per heavy atom. The van der Waals surface area contributed by atoms with Gasteiger partial charge in [0.25, 0.3) is 0 Å². The van der Waals surface area contributed by atoms with Gasteiger partial charge in [0.15, 0.2) is 5.96 Å². The molecule has 0 spiro atoms. The Hall–Kier alpha value is -5.35. The second-order valence-corrected chi connectivity index (χ2v) is 11.0. The van der Waals surface area contributed by atoms with E-state index in [0.717, 1.165) is 13.8 Å². The highest BCUT2D eigenvalue weighted by Gasteiger charge is 2.34. The molecule has 22 nitrogen and oxygen atoms in total. The van der Waals surface area contributed by atoms with Crippen LogP contribution in [0.2, 0.25) is 0 Å². The highest BCUT2D eigenvalue weighted by molar-refractivity contribution is 5.95. The largest absolute Gasteiger partial charge is 0.481 e. The van der Waals surface area contributed by atoms with E-state index in [-0.39, 0.29) is 31.8 Å². The van der Waals surface area contributed by atoms with Crippen LogP contribution < -0.4 is 43.8 Å². The lowest BCUT2D eigenvalue weighted by molar-refractivity contribution is -0.144. The van der Waals surface area contributed by atoms with E-state index in [0.29, 0.717) is 5.69 Å². The number of guanidine groups is 1. The normalized spacial score (nSPS) is 15.1. The zero-order valence-electron chi connectivity index (χ0n) is 26.9. The number of aliphatic hydroxyl groups excluding tert-OH is 2. The molecule has 0 fully saturated rings. The standard InChI is InChI=1S/C27H45N11O11/c1-12(39)20(25(47)38-21(13(2)40)24(46)36-17(26(48)49)5-6-19(42)43)37-18(41)10-33-23(45)16(4-3-7-32-27(29)30)35-22(44)15(28)8-14-9-31-11-34-14/h9,11-13,15-17,20-21,39-40H,3-8,10,28H2,1-2H3,(H,31,34)(H,33,45)(H,35,44)(H,36,46)(H,37,41)(H,38,47)(H,42,43)(H,48,49)(H4,29,30,32)/t12-,13-,15+,16+,17+,20+,21+/m1/s1. The minimum atomic E-state index is -1.78. The molecule has 274 valence electrons. The molecule has 1 heterocycles. The molecule has 5 amide bonds. The van der Waals surface area contributed by atoms with Crippen molar-refractivity contribution in [1.29, 1.82) is 0 Å². The van der Waals surface area contributed by atoms with E-state index in [1.807, 2.05) is 5.32 Å². The first-order chi connectivity index (χ1) is 22.9. The van der Waals surface area contributed by atoms with Crippen LogP contribution in [0.25, 0.3) is 0 Å². The van der Waals surface area contributed by atoms with Crippen LogP contribution in [0.4, 0.5) is 0 Å². The summed E-state index contributed by atoms with van der Waals surface area (Å²) in [4.78, 5) is 96.8. The second kappa shape index (κ2) is 20.8. The fraction of sp³-hybridized carbons (Fsp3) is 0.593. The number of nitrogens with zero attached hydrogens (tertiary/aromatic N) is 2. The Bertz CT molecular complexity index is 1320. The Morgan fingerprint density at radius 3 is 1.98 bits per heavy atom. The van der Waals surface area contributed by atoms with Crippen LogP contribution in [-0.2, 0) is 40.0 Å². The third-order valence-electron chi connectivity index (χ3n) is 6.74. The van der Waals surface area contributed by atoms with E-state index < -0.39 is 103 Å². The van der Waals surface area contributed by atoms with Gasteiger partial charge in [0, 0.05) is 31.3 Å². The van der Waals surface area contributed by atoms with Crippen molar-refractivity contribution in [1.82, 2.24) is 36.6 Å². The zero-order valence-corrected chi connectivity index (χ0v) is 26.9. The number of nitrogens with two attached hydrogens (primary N) is 3. The number of hydrogen-bond acceptors (Lipinski definition) is 12. The fourth-order valence-electron chi connectivity index (χ4n) is 4.13. The molecule has 1 rings (SSSR count). The summed E-state index contributed by atoms with van der Waals surface area (Å²) in [5.74, 6) is -7.86. The molecule has 0 radical (unpaired) electrons. The van der Waals surface area contributed by atoms with Crippen molar-refractivity contribution in [2.24, 2.45) is 22.2 Å². The van der Waals surface area contributed by atoms with Crippen LogP contribution >= 0.6 is 0 Å². The molecule has 0 saturated carbocycles. The molecule has 1 aromatic heterocycles. The van der Waals surface area contributed by atoms with Gasteiger partial charge in [-0.15, -0.1) is 0 Å². The minimum absolute atomic E-state index is 0.0350. The molecule has 7 atom stereocenters. The first-order valence-electron chi connectivity index (χ1n) is 15.0. The van der Waals surface area contributed by atoms with Crippen molar-refractivity contribution in [3.05, 3.63) is 18.2 Å². The molecule has 49 heavy (non-hydrogen) atoms. The zero-order chi connectivity index (χ0) is 37.3. The van der Waals surface area contributed by atoms with E-state index in [2.05, 4.69) is 36.2 Å². The number of aliphatic hydroxyl groups is 2. The topological polar surface area (TPSA) is 380 Å². The Balaban J connectivity index is 2.90. The number of rotatable bonds is 22. The monoisotopic (exact) mass is 699 g/mol. The predicted octanol–water partition coefficient (Wildman–Crippen LogP) is -5.90. The maximum Gasteiger partial charge on any atom is 0.326 e. The smallest absolute Gasteiger partial charge is 0.326 e. The number of carboxylic acid groups (broad SMARTS) is 2. The number of nitrogens with one attached hydrogen (secondary N) is 6. The van der Waals surface area contributed by atoms with E-state index in [4.69, 9.17) is 22.3 Å². The van der Waals surface area contributed by atoms with Gasteiger partial charge in [0.1, 0.15) is 24.2 Å². The minimum Gasteiger partial charge on any atom is -0.481 e. The lowest BCUT2D eigenvalue weighted by Crippen LogP contribution is -2.61. The molecule has 1 aromatic rings. The molecular formula is C27H45N11O11. The third-order valence-corrected chi connectivity index (χ3v) is 6.74. The molecule has 0 aliphatic rings. The Kier molecular flexibility index (Phi) is 17.7. The number of H-pyrrole nitrogens is 1. The van der Waals surface area contributed by atoms with Crippen LogP contribution in [0.1, 0.15) is 45.2 Å². The number of aliphatic carboxylic acids is 2. The SMILES string of the molecule is C[C@@H](O)[C@H](NC(=O)CNC(=O)[C@H](CCCN=C(N)N)NC(=O)[C@@H](N)Cc1cnc[nH]1)C(=O)N[C@H](C(=O)N[C@@H](CCC(=O)O)C(=O)O)[C@@H](C)O. The first kappa shape index (κ1) is 41.7. The average molecular weight is 700 g/mol. The number of aliphatic imine (C=N–C) groups is 1. The second-order valence-electron chi connectivity index (χ2n) is 11.0. The van der Waals surface area contributed by atoms with Crippen LogP contribution in [-0.4, -0.2) is 133 Å². The summed E-state index contributed by atoms with van der Waals surface area (Å²) in [5, 5.41) is 49.5. The van der Waals surface area contributed by atoms with Gasteiger partial charge in [-0.05, 0) is 33.1 Å². The maximum atomic E-state index is 13.0. The van der Waals surface area contributed by atoms with Gasteiger partial charge in [-0.25, -0.2) is 9.78 Å². The molecular weight excluding hydrogens is 654 g/mol. The van der Waals surface area contributed by atoms with Gasteiger partial charge in [0.05, 0.1) is 31.1 Å². The fourth-order valence-corrected chi connectivity index (χ4v) is 4.13. The van der Waals surface area contributed by atoms with Gasteiger partial charge >= 0.3 is 11.9 Å². The summed E-state index contributed by atoms with van der Waals surface area (Å²) in [7, 11) is 0. The summed E-state index contributed by atoms with van der Waals surface area (Å²) in [6.45, 7) is 1.61. The van der Waals surface area contributed by atoms with Gasteiger partial charge in [-0.1, -0.05) is 0 Å². The lowest BCUT2D eigenvalue weighted by Gasteiger charge is -2.27. The van der Waals surface area contributed by atoms with Crippen molar-refractivity contribution >= 4 is 47.4 Å². The van der Waals surface area contributed by atoms with E-state index in [9.17, 15) is 48.9 Å². The maximum absolute atomic E-state index is 13.0. The number of hydrogen-bond donors (Lipinski definition) is 13. The third kappa shape index (κ3) is 15.9. The van der Waals surface area contributed by atoms with Crippen molar-refractivity contribution < 1.29 is 54.0 Å². The summed E-state index contributed by atoms with van der Waals surface area (Å²) >= 11 is 0. The van der Waals surface area contributed by atoms with E-state index >= 15 is 0 Å². The number of carbonyl (C=O) groups excluding carboxylic acids is 5. The summed E-state index contributed by atoms with van der Waals surface area (Å²) in [6, 6.07) is -7.41. The van der Waals surface area contributed by atoms with Gasteiger partial charge < -0.3 is 69.2 Å². The molecule has 0 bridgehead atoms. The van der Waals surface area contributed by atoms with Crippen molar-refractivity contribution in [3.63, 3.8) is 0 Å². The van der Waals surface area contributed by atoms with E-state index in [1.54, 1.807) is 0 Å². The Morgan fingerprint density at radius 1 is 0.857 bits per heavy atom. The van der Waals surface area contributed by atoms with Gasteiger partial charge in [-0.3, -0.25) is 33.8 Å². The number of carboxylic acids is 2. The van der Waals surface area contributed by atoms with E-state index in [1.165, 1.54) is 12.5 Å². The quantitative estimate of drug-likeness (QED) is 0.0304. The summed E-state index contributed by atoms with van der Waals surface area (Å²) in [5.41, 5.74) is 17.2. The molecule has 0 aliphatic heterocycles. The number of imidazole rings is 1. The van der Waals surface area contributed by atoms with Crippen LogP contribution in [0.15, 0.2) is 17.5 Å². The molecule has 22 heteroatoms. The first-order valence-corrected chi connectivity index (χ1v) is 15.0. The Labute approximate surface area is 280 Å². The van der Waals surface area contributed by atoms with Crippen LogP contribution in [0.3, 0.4) is 0 Å². The van der Waals surface area contributed by atoms with Crippen molar-refractivity contribution in [2.75, 3.05) is 13.1 Å². The number of aromatic amines is 1. The highest BCUT2D eigenvalue weighted by atomic mass is 16.4. The lowest BCUT2D eigenvalue weighted by atomic mass is 10.1. The predicted molar refractivity (Wildman–Crippen MR) is 169 cm³/mol. The summed E-state index contributed by atoms with van der Waals surface area (Å²) in [6.07, 6.45) is -1.02. The van der Waals surface area contributed by atoms with Gasteiger partial charge in [-0.2, -0.15) is 0 Å². The van der Waals surface area contributed by atoms with Crippen molar-refractivity contribution in [3.8, 4) is 0 Å². The number of carbonyl (C=O) groups is 7. The molecule has 0 aromatic carbocycles. The molecule has 0 aliphatic carbocycles. The van der Waals surface area contributed by atoms with Gasteiger partial charge in [0.2, 0.25) is 29.5 Å². The number of aromatic nitrogens is 2. The molecule has 16 N–H and O–H groups in total. The van der Waals surface area contributed by atoms with Crippen molar-refractivity contribution in [2.45, 2.75) is 88.4 Å². The van der Waals surface area contributed by atoms with Crippen LogP contribution in [0, 0.1) is 0 Å². The average Bonchev–Trinajstić information content (AvgIpc) is 3.52.